The standard InChI is InChI=1S/C19H25N7O2S2/c20-19-23-17(16-18(24-19)26(12-21-16)14-4-1-2-5-14)22-13-7-9-25(10-8-13)30(27,28)15-6-3-11-29-15/h3,6,11-14H,1-2,4-5,7-10H2,(H3,20,22,23,24). The van der Waals surface area contributed by atoms with E-state index >= 15 is 0 Å². The summed E-state index contributed by atoms with van der Waals surface area (Å²) in [6, 6.07) is 3.95. The first-order chi connectivity index (χ1) is 14.5. The second-order valence-electron chi connectivity index (χ2n) is 7.95. The van der Waals surface area contributed by atoms with Gasteiger partial charge in [-0.25, -0.2) is 13.4 Å². The van der Waals surface area contributed by atoms with E-state index in [1.807, 2.05) is 6.33 Å². The lowest BCUT2D eigenvalue weighted by atomic mass is 10.1. The maximum atomic E-state index is 12.7. The van der Waals surface area contributed by atoms with Crippen LogP contribution in [0.15, 0.2) is 28.0 Å². The van der Waals surface area contributed by atoms with Crippen LogP contribution in [0.1, 0.15) is 44.6 Å². The van der Waals surface area contributed by atoms with Crippen LogP contribution in [0.2, 0.25) is 0 Å². The monoisotopic (exact) mass is 447 g/mol. The van der Waals surface area contributed by atoms with E-state index < -0.39 is 10.0 Å². The van der Waals surface area contributed by atoms with Crippen molar-refractivity contribution in [2.24, 2.45) is 0 Å². The van der Waals surface area contributed by atoms with Crippen LogP contribution in [0.25, 0.3) is 11.2 Å². The minimum Gasteiger partial charge on any atom is -0.368 e. The quantitative estimate of drug-likeness (QED) is 0.617. The minimum atomic E-state index is -3.40. The smallest absolute Gasteiger partial charge is 0.252 e. The molecule has 5 rings (SSSR count). The number of sulfonamides is 1. The number of fused-ring (bicyclic) bond motifs is 1. The van der Waals surface area contributed by atoms with Gasteiger partial charge >= 0.3 is 0 Å². The van der Waals surface area contributed by atoms with E-state index in [1.54, 1.807) is 21.8 Å². The van der Waals surface area contributed by atoms with E-state index in [4.69, 9.17) is 5.73 Å². The number of hydrogen-bond donors (Lipinski definition) is 2. The van der Waals surface area contributed by atoms with Gasteiger partial charge in [-0.3, -0.25) is 0 Å². The van der Waals surface area contributed by atoms with E-state index in [-0.39, 0.29) is 12.0 Å². The first kappa shape index (κ1) is 19.7. The maximum absolute atomic E-state index is 12.7. The van der Waals surface area contributed by atoms with Crippen LogP contribution < -0.4 is 11.1 Å². The van der Waals surface area contributed by atoms with Gasteiger partial charge in [0.25, 0.3) is 10.0 Å². The third kappa shape index (κ3) is 3.54. The average molecular weight is 448 g/mol. The molecule has 0 aromatic carbocycles. The molecule has 1 aliphatic carbocycles. The third-order valence-electron chi connectivity index (χ3n) is 6.04. The Labute approximate surface area is 179 Å². The van der Waals surface area contributed by atoms with Crippen molar-refractivity contribution < 1.29 is 8.42 Å². The van der Waals surface area contributed by atoms with Gasteiger partial charge in [0.1, 0.15) is 4.21 Å². The summed E-state index contributed by atoms with van der Waals surface area (Å²) in [6.45, 7) is 0.941. The first-order valence-electron chi connectivity index (χ1n) is 10.3. The molecule has 160 valence electrons. The van der Waals surface area contributed by atoms with Crippen molar-refractivity contribution in [2.45, 2.75) is 54.8 Å². The second kappa shape index (κ2) is 7.78. The molecule has 3 aromatic rings. The summed E-state index contributed by atoms with van der Waals surface area (Å²) in [6.07, 6.45) is 7.95. The fourth-order valence-corrected chi connectivity index (χ4v) is 7.07. The third-order valence-corrected chi connectivity index (χ3v) is 9.31. The Balaban J connectivity index is 1.32. The van der Waals surface area contributed by atoms with E-state index in [9.17, 15) is 8.42 Å². The van der Waals surface area contributed by atoms with Gasteiger partial charge in [0, 0.05) is 25.2 Å². The molecule has 3 N–H and O–H groups in total. The predicted octanol–water partition coefficient (Wildman–Crippen LogP) is 2.85. The predicted molar refractivity (Wildman–Crippen MR) is 117 cm³/mol. The number of nitrogens with zero attached hydrogens (tertiary/aromatic N) is 5. The van der Waals surface area contributed by atoms with Crippen LogP contribution in [0.4, 0.5) is 11.8 Å². The topological polar surface area (TPSA) is 119 Å². The first-order valence-corrected chi connectivity index (χ1v) is 12.6. The van der Waals surface area contributed by atoms with Crippen LogP contribution in [-0.4, -0.2) is 51.4 Å². The number of rotatable bonds is 5. The number of nitrogens with two attached hydrogens (primary N) is 1. The van der Waals surface area contributed by atoms with E-state index in [0.29, 0.717) is 42.0 Å². The number of nitrogens with one attached hydrogen (secondary N) is 1. The van der Waals surface area contributed by atoms with Crippen molar-refractivity contribution in [1.29, 1.82) is 0 Å². The highest BCUT2D eigenvalue weighted by molar-refractivity contribution is 7.91. The van der Waals surface area contributed by atoms with Gasteiger partial charge in [-0.15, -0.1) is 11.3 Å². The molecule has 0 unspecified atom stereocenters. The lowest BCUT2D eigenvalue weighted by molar-refractivity contribution is 0.330. The minimum absolute atomic E-state index is 0.105. The van der Waals surface area contributed by atoms with Crippen molar-refractivity contribution in [2.75, 3.05) is 24.1 Å². The van der Waals surface area contributed by atoms with Crippen LogP contribution in [0.3, 0.4) is 0 Å². The largest absolute Gasteiger partial charge is 0.368 e. The molecule has 1 aliphatic heterocycles. The number of anilines is 2. The molecule has 2 aliphatic rings. The van der Waals surface area contributed by atoms with Gasteiger partial charge in [-0.2, -0.15) is 14.3 Å². The molecule has 0 amide bonds. The van der Waals surface area contributed by atoms with Crippen LogP contribution in [0, 0.1) is 0 Å². The van der Waals surface area contributed by atoms with Crippen LogP contribution in [0.5, 0.6) is 0 Å². The zero-order valence-electron chi connectivity index (χ0n) is 16.6. The van der Waals surface area contributed by atoms with Crippen molar-refractivity contribution in [3.05, 3.63) is 23.8 Å². The lowest BCUT2D eigenvalue weighted by Gasteiger charge is -2.31. The van der Waals surface area contributed by atoms with Gasteiger partial charge in [-0.1, -0.05) is 18.9 Å². The van der Waals surface area contributed by atoms with Gasteiger partial charge in [0.15, 0.2) is 17.0 Å². The fourth-order valence-electron chi connectivity index (χ4n) is 4.46. The molecule has 0 atom stereocenters. The van der Waals surface area contributed by atoms with E-state index in [1.165, 1.54) is 24.2 Å². The number of imidazole rings is 1. The molecule has 30 heavy (non-hydrogen) atoms. The summed E-state index contributed by atoms with van der Waals surface area (Å²) in [5, 5.41) is 5.24. The summed E-state index contributed by atoms with van der Waals surface area (Å²) in [5.74, 6) is 0.858. The molecule has 0 spiro atoms. The summed E-state index contributed by atoms with van der Waals surface area (Å²) in [7, 11) is -3.40. The molecule has 3 aromatic heterocycles. The van der Waals surface area contributed by atoms with Gasteiger partial charge in [0.2, 0.25) is 5.95 Å². The zero-order valence-corrected chi connectivity index (χ0v) is 18.2. The number of piperidine rings is 1. The van der Waals surface area contributed by atoms with Crippen LogP contribution >= 0.6 is 11.3 Å². The number of nitrogen functional groups attached to an aromatic ring is 1. The van der Waals surface area contributed by atoms with Crippen LogP contribution in [-0.2, 0) is 10.0 Å². The summed E-state index contributed by atoms with van der Waals surface area (Å²) in [4.78, 5) is 13.4. The average Bonchev–Trinajstić information content (AvgIpc) is 3.49. The summed E-state index contributed by atoms with van der Waals surface area (Å²) < 4.78 is 29.5. The van der Waals surface area contributed by atoms with Crippen molar-refractivity contribution in [1.82, 2.24) is 23.8 Å². The molecule has 9 nitrogen and oxygen atoms in total. The fraction of sp³-hybridized carbons (Fsp3) is 0.526. The Hall–Kier alpha value is -2.24. The maximum Gasteiger partial charge on any atom is 0.252 e. The van der Waals surface area contributed by atoms with Gasteiger partial charge in [0.05, 0.1) is 6.33 Å². The summed E-state index contributed by atoms with van der Waals surface area (Å²) >= 11 is 1.26. The Morgan fingerprint density at radius 3 is 2.60 bits per heavy atom. The molecular formula is C19H25N7O2S2. The normalized spacial score (nSPS) is 19.6. The highest BCUT2D eigenvalue weighted by atomic mass is 32.2. The molecule has 1 saturated heterocycles. The van der Waals surface area contributed by atoms with Crippen molar-refractivity contribution in [3.63, 3.8) is 0 Å². The molecule has 1 saturated carbocycles. The SMILES string of the molecule is Nc1nc(NC2CCN(S(=O)(=O)c3cccs3)CC2)c2ncn(C3CCCC3)c2n1. The van der Waals surface area contributed by atoms with E-state index in [0.717, 1.165) is 24.0 Å². The number of hydrogen-bond acceptors (Lipinski definition) is 8. The number of aromatic nitrogens is 4. The molecule has 2 fully saturated rings. The Bertz CT molecular complexity index is 1130. The molecule has 0 bridgehead atoms. The van der Waals surface area contributed by atoms with Crippen molar-refractivity contribution >= 4 is 44.3 Å². The number of thiophene rings is 1. The molecule has 0 radical (unpaired) electrons. The molecule has 11 heteroatoms. The Kier molecular flexibility index (Phi) is 5.11. The molecular weight excluding hydrogens is 422 g/mol. The van der Waals surface area contributed by atoms with Crippen molar-refractivity contribution in [3.8, 4) is 0 Å². The zero-order chi connectivity index (χ0) is 20.7. The molecule has 4 heterocycles. The lowest BCUT2D eigenvalue weighted by Crippen LogP contribution is -2.42. The van der Waals surface area contributed by atoms with E-state index in [2.05, 4.69) is 24.8 Å². The Morgan fingerprint density at radius 2 is 1.90 bits per heavy atom. The Morgan fingerprint density at radius 1 is 1.13 bits per heavy atom. The second-order valence-corrected chi connectivity index (χ2v) is 11.1. The van der Waals surface area contributed by atoms with Gasteiger partial charge in [-0.05, 0) is 37.1 Å². The summed E-state index contributed by atoms with van der Waals surface area (Å²) in [5.41, 5.74) is 7.50. The van der Waals surface area contributed by atoms with Gasteiger partial charge < -0.3 is 15.6 Å². The highest BCUT2D eigenvalue weighted by Gasteiger charge is 2.30. The highest BCUT2D eigenvalue weighted by Crippen LogP contribution is 2.33.